The van der Waals surface area contributed by atoms with Gasteiger partial charge in [-0.1, -0.05) is 26.2 Å². The molecular weight excluding hydrogens is 138 g/mol. The van der Waals surface area contributed by atoms with Crippen LogP contribution >= 0.6 is 0 Å². The molecule has 0 aliphatic heterocycles. The minimum absolute atomic E-state index is 0.214. The molecule has 0 aromatic carbocycles. The highest BCUT2D eigenvalue weighted by Crippen LogP contribution is 2.10. The highest BCUT2D eigenvalue weighted by atomic mass is 16.1. The molecule has 2 heteroatoms. The number of carbonyl (C=O) groups excluding carboxylic acids is 1. The molecule has 0 aliphatic carbocycles. The van der Waals surface area contributed by atoms with Crippen LogP contribution in [0.3, 0.4) is 0 Å². The molecule has 2 nitrogen and oxygen atoms in total. The Hall–Kier alpha value is -0.370. The molecule has 1 atom stereocenters. The Morgan fingerprint density at radius 2 is 2.09 bits per heavy atom. The van der Waals surface area contributed by atoms with Crippen molar-refractivity contribution in [2.24, 2.45) is 11.7 Å². The first-order valence-corrected chi connectivity index (χ1v) is 4.50. The van der Waals surface area contributed by atoms with Gasteiger partial charge >= 0.3 is 0 Å². The fourth-order valence-corrected chi connectivity index (χ4v) is 1.15. The van der Waals surface area contributed by atoms with E-state index in [2.05, 4.69) is 6.92 Å². The lowest BCUT2D eigenvalue weighted by molar-refractivity contribution is -0.111. The van der Waals surface area contributed by atoms with Crippen LogP contribution in [0.25, 0.3) is 0 Å². The smallest absolute Gasteiger partial charge is 0.123 e. The molecule has 0 aromatic heterocycles. The standard InChI is InChI=1S/C9H19NO/c1-2-3-4-5-9(8-11)6-7-10/h8-9H,2-7,10H2,1H3. The Morgan fingerprint density at radius 3 is 2.55 bits per heavy atom. The molecular formula is C9H19NO. The third-order valence-corrected chi connectivity index (χ3v) is 1.91. The van der Waals surface area contributed by atoms with Crippen molar-refractivity contribution >= 4 is 6.29 Å². The normalized spacial score (nSPS) is 12.9. The highest BCUT2D eigenvalue weighted by Gasteiger charge is 2.04. The average Bonchev–Trinajstić information content (AvgIpc) is 2.03. The lowest BCUT2D eigenvalue weighted by Gasteiger charge is -2.06. The Morgan fingerprint density at radius 1 is 1.36 bits per heavy atom. The number of hydrogen-bond donors (Lipinski definition) is 1. The number of rotatable bonds is 7. The minimum Gasteiger partial charge on any atom is -0.330 e. The third-order valence-electron chi connectivity index (χ3n) is 1.91. The van der Waals surface area contributed by atoms with E-state index in [1.807, 2.05) is 0 Å². The fraction of sp³-hybridized carbons (Fsp3) is 0.889. The predicted octanol–water partition coefficient (Wildman–Crippen LogP) is 1.73. The number of carbonyl (C=O) groups is 1. The number of hydrogen-bond acceptors (Lipinski definition) is 2. The zero-order valence-electron chi connectivity index (χ0n) is 7.38. The van der Waals surface area contributed by atoms with Gasteiger partial charge < -0.3 is 10.5 Å². The van der Waals surface area contributed by atoms with Crippen molar-refractivity contribution < 1.29 is 4.79 Å². The molecule has 0 fully saturated rings. The van der Waals surface area contributed by atoms with Crippen LogP contribution in [-0.2, 0) is 4.79 Å². The number of unbranched alkanes of at least 4 members (excludes halogenated alkanes) is 2. The zero-order chi connectivity index (χ0) is 8.53. The lowest BCUT2D eigenvalue weighted by Crippen LogP contribution is -2.09. The Bertz CT molecular complexity index is 93.6. The van der Waals surface area contributed by atoms with Gasteiger partial charge in [-0.2, -0.15) is 0 Å². The molecule has 11 heavy (non-hydrogen) atoms. The van der Waals surface area contributed by atoms with Crippen molar-refractivity contribution in [2.45, 2.75) is 39.0 Å². The van der Waals surface area contributed by atoms with Crippen LogP contribution in [0, 0.1) is 5.92 Å². The molecule has 66 valence electrons. The van der Waals surface area contributed by atoms with Gasteiger partial charge in [0.05, 0.1) is 0 Å². The molecule has 0 rings (SSSR count). The molecule has 0 heterocycles. The fourth-order valence-electron chi connectivity index (χ4n) is 1.15. The van der Waals surface area contributed by atoms with E-state index in [-0.39, 0.29) is 5.92 Å². The summed E-state index contributed by atoms with van der Waals surface area (Å²) in [5.74, 6) is 0.214. The second-order valence-electron chi connectivity index (χ2n) is 2.97. The van der Waals surface area contributed by atoms with E-state index in [0.717, 1.165) is 19.1 Å². The first kappa shape index (κ1) is 10.6. The Labute approximate surface area is 69.2 Å². The van der Waals surface area contributed by atoms with Gasteiger partial charge in [0.25, 0.3) is 0 Å². The van der Waals surface area contributed by atoms with E-state index in [1.54, 1.807) is 0 Å². The summed E-state index contributed by atoms with van der Waals surface area (Å²) in [5.41, 5.74) is 5.35. The molecule has 0 radical (unpaired) electrons. The van der Waals surface area contributed by atoms with E-state index >= 15 is 0 Å². The Balaban J connectivity index is 3.28. The topological polar surface area (TPSA) is 43.1 Å². The van der Waals surface area contributed by atoms with Crippen molar-refractivity contribution in [3.63, 3.8) is 0 Å². The van der Waals surface area contributed by atoms with Crippen molar-refractivity contribution in [3.05, 3.63) is 0 Å². The maximum absolute atomic E-state index is 10.4. The van der Waals surface area contributed by atoms with E-state index in [1.165, 1.54) is 19.3 Å². The van der Waals surface area contributed by atoms with Crippen molar-refractivity contribution in [1.82, 2.24) is 0 Å². The molecule has 1 unspecified atom stereocenters. The molecule has 0 saturated carbocycles. The SMILES string of the molecule is CCCCCC(C=O)CCN. The van der Waals surface area contributed by atoms with Crippen molar-refractivity contribution in [1.29, 1.82) is 0 Å². The van der Waals surface area contributed by atoms with Gasteiger partial charge in [-0.15, -0.1) is 0 Å². The first-order chi connectivity index (χ1) is 5.35. The number of nitrogens with two attached hydrogens (primary N) is 1. The highest BCUT2D eigenvalue weighted by molar-refractivity contribution is 5.53. The maximum Gasteiger partial charge on any atom is 0.123 e. The van der Waals surface area contributed by atoms with Gasteiger partial charge in [-0.25, -0.2) is 0 Å². The summed E-state index contributed by atoms with van der Waals surface area (Å²) in [7, 11) is 0. The first-order valence-electron chi connectivity index (χ1n) is 4.50. The van der Waals surface area contributed by atoms with E-state index < -0.39 is 0 Å². The van der Waals surface area contributed by atoms with E-state index in [4.69, 9.17) is 5.73 Å². The molecule has 0 aromatic rings. The largest absolute Gasteiger partial charge is 0.330 e. The molecule has 0 spiro atoms. The van der Waals surface area contributed by atoms with Crippen LogP contribution in [0.1, 0.15) is 39.0 Å². The van der Waals surface area contributed by atoms with Gasteiger partial charge in [0.2, 0.25) is 0 Å². The van der Waals surface area contributed by atoms with Crippen LogP contribution in [0.4, 0.5) is 0 Å². The summed E-state index contributed by atoms with van der Waals surface area (Å²) in [6.45, 7) is 2.80. The van der Waals surface area contributed by atoms with Crippen LogP contribution in [0.2, 0.25) is 0 Å². The summed E-state index contributed by atoms with van der Waals surface area (Å²) < 4.78 is 0. The van der Waals surface area contributed by atoms with Crippen LogP contribution in [-0.4, -0.2) is 12.8 Å². The molecule has 0 amide bonds. The van der Waals surface area contributed by atoms with Gasteiger partial charge in [0.1, 0.15) is 6.29 Å². The Kier molecular flexibility index (Phi) is 7.47. The quantitative estimate of drug-likeness (QED) is 0.452. The molecule has 0 bridgehead atoms. The summed E-state index contributed by atoms with van der Waals surface area (Å²) in [4.78, 5) is 10.4. The summed E-state index contributed by atoms with van der Waals surface area (Å²) >= 11 is 0. The van der Waals surface area contributed by atoms with Crippen LogP contribution in [0.5, 0.6) is 0 Å². The zero-order valence-corrected chi connectivity index (χ0v) is 7.38. The number of aldehydes is 1. The van der Waals surface area contributed by atoms with Gasteiger partial charge in [-0.05, 0) is 19.4 Å². The molecule has 0 aliphatic rings. The molecule has 0 saturated heterocycles. The predicted molar refractivity (Wildman–Crippen MR) is 47.4 cm³/mol. The summed E-state index contributed by atoms with van der Waals surface area (Å²) in [6, 6.07) is 0. The van der Waals surface area contributed by atoms with Crippen LogP contribution < -0.4 is 5.73 Å². The van der Waals surface area contributed by atoms with Crippen molar-refractivity contribution in [3.8, 4) is 0 Å². The minimum atomic E-state index is 0.214. The van der Waals surface area contributed by atoms with Crippen molar-refractivity contribution in [2.75, 3.05) is 6.54 Å². The lowest BCUT2D eigenvalue weighted by atomic mass is 10.00. The van der Waals surface area contributed by atoms with E-state index in [0.29, 0.717) is 6.54 Å². The average molecular weight is 157 g/mol. The second kappa shape index (κ2) is 7.73. The molecule has 2 N–H and O–H groups in total. The van der Waals surface area contributed by atoms with Gasteiger partial charge in [0, 0.05) is 5.92 Å². The maximum atomic E-state index is 10.4. The summed E-state index contributed by atoms with van der Waals surface area (Å²) in [6.07, 6.45) is 6.54. The second-order valence-corrected chi connectivity index (χ2v) is 2.97. The summed E-state index contributed by atoms with van der Waals surface area (Å²) in [5, 5.41) is 0. The van der Waals surface area contributed by atoms with E-state index in [9.17, 15) is 4.79 Å². The monoisotopic (exact) mass is 157 g/mol. The van der Waals surface area contributed by atoms with Gasteiger partial charge in [-0.3, -0.25) is 0 Å². The van der Waals surface area contributed by atoms with Gasteiger partial charge in [0.15, 0.2) is 0 Å². The van der Waals surface area contributed by atoms with Crippen LogP contribution in [0.15, 0.2) is 0 Å². The third kappa shape index (κ3) is 6.05.